The standard InChI is InChI=1S/C50H49N3O9/c1-36-14-24-43(46(55)33-36)45(54)25-17-37-15-20-41(21-16-37)59-27-8-7-11-40-34-53(52-51-40)26-28-57-29-30-58-31-32-60-42-22-18-39(19-23-42)49-50(61-35-38-9-3-2-4-10-38)48(56)44-12-5-6-13-47(44)62-49/h2-6,9-10,12-25,33-34,55H,7-8,11,26-32,35H2,1H3/b25-17+. The van der Waals surface area contributed by atoms with Crippen LogP contribution in [-0.4, -0.2) is 65.5 Å². The molecule has 2 aromatic heterocycles. The minimum atomic E-state index is -0.253. The molecule has 7 rings (SSSR count). The first-order chi connectivity index (χ1) is 30.4. The van der Waals surface area contributed by atoms with Crippen LogP contribution in [0.5, 0.6) is 23.0 Å². The molecule has 0 unspecified atom stereocenters. The van der Waals surface area contributed by atoms with Gasteiger partial charge in [-0.1, -0.05) is 72.0 Å². The van der Waals surface area contributed by atoms with Gasteiger partial charge < -0.3 is 33.2 Å². The molecule has 12 heteroatoms. The molecule has 12 nitrogen and oxygen atoms in total. The SMILES string of the molecule is Cc1ccc(C(=O)/C=C/c2ccc(OCCCCc3cn(CCOCCOCCOc4ccc(-c5oc6ccccc6c(=O)c5OCc5ccccc5)cc4)nn3)cc2)c(O)c1. The summed E-state index contributed by atoms with van der Waals surface area (Å²) < 4.78 is 37.2. The van der Waals surface area contributed by atoms with Gasteiger partial charge >= 0.3 is 0 Å². The van der Waals surface area contributed by atoms with Crippen LogP contribution in [0.3, 0.4) is 0 Å². The minimum absolute atomic E-state index is 0.0169. The second-order valence-electron chi connectivity index (χ2n) is 14.5. The van der Waals surface area contributed by atoms with E-state index in [2.05, 4.69) is 10.3 Å². The number of aromatic hydroxyl groups is 1. The lowest BCUT2D eigenvalue weighted by Gasteiger charge is -2.12. The fourth-order valence-corrected chi connectivity index (χ4v) is 6.52. The summed E-state index contributed by atoms with van der Waals surface area (Å²) in [5.41, 5.74) is 4.87. The van der Waals surface area contributed by atoms with Crippen LogP contribution in [-0.2, 0) is 29.0 Å². The van der Waals surface area contributed by atoms with Crippen molar-refractivity contribution in [1.29, 1.82) is 0 Å². The van der Waals surface area contributed by atoms with Crippen molar-refractivity contribution in [3.63, 3.8) is 0 Å². The summed E-state index contributed by atoms with van der Waals surface area (Å²) in [4.78, 5) is 25.9. The molecule has 5 aromatic carbocycles. The summed E-state index contributed by atoms with van der Waals surface area (Å²) in [5.74, 6) is 1.69. The number of ether oxygens (including phenoxy) is 5. The number of carbonyl (C=O) groups is 1. The Labute approximate surface area is 359 Å². The zero-order valence-corrected chi connectivity index (χ0v) is 34.6. The van der Waals surface area contributed by atoms with Gasteiger partial charge in [0.25, 0.3) is 0 Å². The number of rotatable bonds is 23. The van der Waals surface area contributed by atoms with Crippen LogP contribution < -0.4 is 19.6 Å². The normalized spacial score (nSPS) is 11.3. The predicted molar refractivity (Wildman–Crippen MR) is 237 cm³/mol. The number of nitrogens with zero attached hydrogens (tertiary/aromatic N) is 3. The Morgan fingerprint density at radius 3 is 2.26 bits per heavy atom. The third-order valence-corrected chi connectivity index (χ3v) is 9.84. The highest BCUT2D eigenvalue weighted by Crippen LogP contribution is 2.32. The summed E-state index contributed by atoms with van der Waals surface area (Å²) in [6, 6.07) is 36.7. The van der Waals surface area contributed by atoms with Crippen molar-refractivity contribution in [3.05, 3.63) is 172 Å². The van der Waals surface area contributed by atoms with E-state index in [9.17, 15) is 14.7 Å². The molecule has 0 spiro atoms. The van der Waals surface area contributed by atoms with Crippen LogP contribution in [0.2, 0.25) is 0 Å². The van der Waals surface area contributed by atoms with Crippen molar-refractivity contribution >= 4 is 22.8 Å². The number of hydrogen-bond donors (Lipinski definition) is 1. The molecule has 0 fully saturated rings. The lowest BCUT2D eigenvalue weighted by molar-refractivity contribution is 0.0333. The second kappa shape index (κ2) is 22.0. The number of aryl methyl sites for hydroxylation is 2. The summed E-state index contributed by atoms with van der Waals surface area (Å²) >= 11 is 0. The van der Waals surface area contributed by atoms with E-state index in [1.807, 2.05) is 98.0 Å². The number of aromatic nitrogens is 3. The zero-order valence-electron chi connectivity index (χ0n) is 34.6. The van der Waals surface area contributed by atoms with E-state index in [0.29, 0.717) is 74.2 Å². The van der Waals surface area contributed by atoms with Crippen molar-refractivity contribution in [2.75, 3.05) is 39.6 Å². The van der Waals surface area contributed by atoms with Gasteiger partial charge in [0.2, 0.25) is 11.2 Å². The molecular formula is C50H49N3O9. The van der Waals surface area contributed by atoms with Crippen LogP contribution in [0.15, 0.2) is 143 Å². The molecule has 0 radical (unpaired) electrons. The predicted octanol–water partition coefficient (Wildman–Crippen LogP) is 9.05. The summed E-state index contributed by atoms with van der Waals surface area (Å²) in [5, 5.41) is 19.0. The summed E-state index contributed by atoms with van der Waals surface area (Å²) in [6.07, 6.45) is 7.69. The van der Waals surface area contributed by atoms with E-state index in [1.165, 1.54) is 6.08 Å². The third kappa shape index (κ3) is 12.3. The van der Waals surface area contributed by atoms with Crippen LogP contribution in [0, 0.1) is 6.92 Å². The highest BCUT2D eigenvalue weighted by Gasteiger charge is 2.18. The average Bonchev–Trinajstić information content (AvgIpc) is 3.75. The van der Waals surface area contributed by atoms with Gasteiger partial charge in [0.1, 0.15) is 36.0 Å². The minimum Gasteiger partial charge on any atom is -0.507 e. The van der Waals surface area contributed by atoms with Gasteiger partial charge in [-0.05, 0) is 110 Å². The Bertz CT molecular complexity index is 2600. The molecule has 62 heavy (non-hydrogen) atoms. The van der Waals surface area contributed by atoms with Crippen molar-refractivity contribution in [1.82, 2.24) is 15.0 Å². The molecule has 0 saturated heterocycles. The Hall–Kier alpha value is -7.02. The van der Waals surface area contributed by atoms with E-state index in [1.54, 1.807) is 47.2 Å². The number of fused-ring (bicyclic) bond motifs is 1. The zero-order chi connectivity index (χ0) is 42.9. The summed E-state index contributed by atoms with van der Waals surface area (Å²) in [6.45, 7) is 5.39. The Morgan fingerprint density at radius 1 is 0.758 bits per heavy atom. The first-order valence-corrected chi connectivity index (χ1v) is 20.6. The molecular weight excluding hydrogens is 787 g/mol. The highest BCUT2D eigenvalue weighted by molar-refractivity contribution is 6.08. The number of unbranched alkanes of at least 4 members (excludes halogenated alkanes) is 1. The fraction of sp³-hybridized carbons (Fsp3) is 0.240. The van der Waals surface area contributed by atoms with Crippen molar-refractivity contribution in [2.45, 2.75) is 39.3 Å². The maximum absolute atomic E-state index is 13.4. The van der Waals surface area contributed by atoms with Crippen LogP contribution in [0.25, 0.3) is 28.4 Å². The van der Waals surface area contributed by atoms with E-state index < -0.39 is 0 Å². The van der Waals surface area contributed by atoms with Gasteiger partial charge in [-0.3, -0.25) is 9.59 Å². The maximum Gasteiger partial charge on any atom is 0.235 e. The quantitative estimate of drug-likeness (QED) is 0.0374. The monoisotopic (exact) mass is 835 g/mol. The smallest absolute Gasteiger partial charge is 0.235 e. The molecule has 0 atom stereocenters. The lowest BCUT2D eigenvalue weighted by atomic mass is 10.1. The van der Waals surface area contributed by atoms with Crippen LogP contribution in [0.1, 0.15) is 45.6 Å². The Morgan fingerprint density at radius 2 is 1.47 bits per heavy atom. The number of carbonyl (C=O) groups excluding carboxylic acids is 1. The fourth-order valence-electron chi connectivity index (χ4n) is 6.52. The molecule has 1 N–H and O–H groups in total. The van der Waals surface area contributed by atoms with Crippen molar-refractivity contribution in [2.24, 2.45) is 0 Å². The van der Waals surface area contributed by atoms with Gasteiger partial charge in [0, 0.05) is 11.8 Å². The van der Waals surface area contributed by atoms with E-state index in [0.717, 1.165) is 47.4 Å². The molecule has 0 aliphatic heterocycles. The number of phenolic OH excluding ortho intramolecular Hbond substituents is 1. The van der Waals surface area contributed by atoms with Crippen LogP contribution >= 0.6 is 0 Å². The average molecular weight is 836 g/mol. The number of benzene rings is 5. The second-order valence-corrected chi connectivity index (χ2v) is 14.5. The largest absolute Gasteiger partial charge is 0.507 e. The highest BCUT2D eigenvalue weighted by atomic mass is 16.5. The first-order valence-electron chi connectivity index (χ1n) is 20.6. The van der Waals surface area contributed by atoms with Gasteiger partial charge in [0.15, 0.2) is 11.5 Å². The molecule has 0 aliphatic carbocycles. The molecule has 318 valence electrons. The van der Waals surface area contributed by atoms with Crippen molar-refractivity contribution in [3.8, 4) is 34.3 Å². The third-order valence-electron chi connectivity index (χ3n) is 9.84. The van der Waals surface area contributed by atoms with E-state index >= 15 is 0 Å². The molecule has 0 bridgehead atoms. The maximum atomic E-state index is 13.4. The molecule has 0 saturated carbocycles. The number of para-hydroxylation sites is 1. The molecule has 0 aliphatic rings. The molecule has 7 aromatic rings. The molecule has 0 amide bonds. The van der Waals surface area contributed by atoms with Crippen LogP contribution in [0.4, 0.5) is 0 Å². The van der Waals surface area contributed by atoms with E-state index in [-0.39, 0.29) is 34.9 Å². The lowest BCUT2D eigenvalue weighted by Crippen LogP contribution is -2.13. The van der Waals surface area contributed by atoms with Crippen molar-refractivity contribution < 1.29 is 38.0 Å². The number of allylic oxidation sites excluding steroid dienone is 1. The topological polar surface area (TPSA) is 144 Å². The molecule has 2 heterocycles. The Balaban J connectivity index is 0.738. The first kappa shape index (κ1) is 43.1. The number of ketones is 1. The van der Waals surface area contributed by atoms with E-state index in [4.69, 9.17) is 28.1 Å². The summed E-state index contributed by atoms with van der Waals surface area (Å²) in [7, 11) is 0. The van der Waals surface area contributed by atoms with Gasteiger partial charge in [-0.25, -0.2) is 4.68 Å². The van der Waals surface area contributed by atoms with Gasteiger partial charge in [-0.15, -0.1) is 5.10 Å². The number of phenols is 1. The van der Waals surface area contributed by atoms with Gasteiger partial charge in [-0.2, -0.15) is 0 Å². The number of hydrogen-bond acceptors (Lipinski definition) is 11. The Kier molecular flexibility index (Phi) is 15.3. The van der Waals surface area contributed by atoms with Gasteiger partial charge in [0.05, 0.1) is 56.2 Å².